The van der Waals surface area contributed by atoms with Gasteiger partial charge >= 0.3 is 0 Å². The summed E-state index contributed by atoms with van der Waals surface area (Å²) in [6.07, 6.45) is 0. The van der Waals surface area contributed by atoms with Gasteiger partial charge in [0.1, 0.15) is 0 Å². The van der Waals surface area contributed by atoms with Crippen LogP contribution in [0.5, 0.6) is 0 Å². The zero-order valence-electron chi connectivity index (χ0n) is 35.4. The van der Waals surface area contributed by atoms with Crippen molar-refractivity contribution in [1.82, 2.24) is 0 Å². The van der Waals surface area contributed by atoms with Gasteiger partial charge in [-0.15, -0.1) is 11.3 Å². The molecule has 1 spiro atoms. The molecule has 0 N–H and O–H groups in total. The zero-order valence-corrected chi connectivity index (χ0v) is 36.2. The number of thiophene rings is 1. The summed E-state index contributed by atoms with van der Waals surface area (Å²) in [5, 5.41) is 7.61. The highest BCUT2D eigenvalue weighted by Gasteiger charge is 2.51. The van der Waals surface area contributed by atoms with E-state index >= 15 is 0 Å². The molecule has 2 aliphatic carbocycles. The molecule has 2 aliphatic rings. The number of hydrogen-bond donors (Lipinski definition) is 0. The maximum atomic E-state index is 2.50. The van der Waals surface area contributed by atoms with Crippen LogP contribution >= 0.6 is 11.3 Å². The lowest BCUT2D eigenvalue weighted by atomic mass is 9.70. The van der Waals surface area contributed by atoms with Gasteiger partial charge in [-0.05, 0) is 137 Å². The van der Waals surface area contributed by atoms with Crippen molar-refractivity contribution in [2.24, 2.45) is 0 Å². The van der Waals surface area contributed by atoms with Gasteiger partial charge in [0.15, 0.2) is 0 Å². The molecule has 1 aromatic heterocycles. The van der Waals surface area contributed by atoms with Gasteiger partial charge in [-0.2, -0.15) is 0 Å². The molecule has 1 heterocycles. The predicted molar refractivity (Wildman–Crippen MR) is 276 cm³/mol. The molecule has 11 aromatic carbocycles. The van der Waals surface area contributed by atoms with Crippen LogP contribution in [-0.4, -0.2) is 0 Å². The third-order valence-electron chi connectivity index (χ3n) is 14.3. The van der Waals surface area contributed by atoms with Crippen LogP contribution in [0.3, 0.4) is 0 Å². The summed E-state index contributed by atoms with van der Waals surface area (Å²) >= 11 is 1.86. The van der Waals surface area contributed by atoms with Crippen molar-refractivity contribution in [3.05, 3.63) is 259 Å². The first kappa shape index (κ1) is 36.4. The van der Waals surface area contributed by atoms with E-state index in [4.69, 9.17) is 0 Å². The first-order valence-electron chi connectivity index (χ1n) is 22.5. The Kier molecular flexibility index (Phi) is 7.84. The molecular formula is C63H39NS. The molecule has 0 bridgehead atoms. The van der Waals surface area contributed by atoms with Gasteiger partial charge in [0.2, 0.25) is 0 Å². The zero-order chi connectivity index (χ0) is 42.6. The number of nitrogens with zero attached hydrogens (tertiary/aromatic N) is 1. The van der Waals surface area contributed by atoms with Crippen LogP contribution < -0.4 is 4.90 Å². The highest BCUT2D eigenvalue weighted by Crippen LogP contribution is 2.63. The van der Waals surface area contributed by atoms with Gasteiger partial charge in [-0.1, -0.05) is 188 Å². The van der Waals surface area contributed by atoms with E-state index in [2.05, 4.69) is 241 Å². The van der Waals surface area contributed by atoms with E-state index in [0.717, 1.165) is 17.1 Å². The molecule has 0 unspecified atom stereocenters. The molecule has 0 saturated carbocycles. The van der Waals surface area contributed by atoms with Crippen molar-refractivity contribution in [2.45, 2.75) is 5.41 Å². The molecule has 1 nitrogen and oxygen atoms in total. The van der Waals surface area contributed by atoms with Crippen LogP contribution in [0.15, 0.2) is 237 Å². The maximum Gasteiger partial charge on any atom is 0.0726 e. The first-order valence-corrected chi connectivity index (χ1v) is 23.3. The summed E-state index contributed by atoms with van der Waals surface area (Å²) < 4.78 is 2.61. The fraction of sp³-hybridized carbons (Fsp3) is 0.0159. The van der Waals surface area contributed by atoms with Gasteiger partial charge in [0.25, 0.3) is 0 Å². The summed E-state index contributed by atoms with van der Waals surface area (Å²) in [7, 11) is 0. The summed E-state index contributed by atoms with van der Waals surface area (Å²) in [4.78, 5) is 2.47. The Balaban J connectivity index is 0.958. The van der Waals surface area contributed by atoms with Gasteiger partial charge < -0.3 is 4.90 Å². The lowest BCUT2D eigenvalue weighted by Gasteiger charge is -2.32. The van der Waals surface area contributed by atoms with Crippen molar-refractivity contribution in [3.63, 3.8) is 0 Å². The molecule has 0 radical (unpaired) electrons. The Labute approximate surface area is 381 Å². The lowest BCUT2D eigenvalue weighted by molar-refractivity contribution is 0.793. The molecule has 0 aliphatic heterocycles. The maximum absolute atomic E-state index is 2.50. The molecule has 12 aromatic rings. The van der Waals surface area contributed by atoms with E-state index in [1.54, 1.807) is 0 Å². The van der Waals surface area contributed by atoms with E-state index in [0.29, 0.717) is 0 Å². The fourth-order valence-corrected chi connectivity index (χ4v) is 12.6. The van der Waals surface area contributed by atoms with Crippen molar-refractivity contribution in [1.29, 1.82) is 0 Å². The topological polar surface area (TPSA) is 3.24 Å². The second-order valence-electron chi connectivity index (χ2n) is 17.5. The number of anilines is 3. The molecule has 2 heteroatoms. The predicted octanol–water partition coefficient (Wildman–Crippen LogP) is 17.5. The van der Waals surface area contributed by atoms with Gasteiger partial charge in [-0.3, -0.25) is 0 Å². The Morgan fingerprint density at radius 1 is 0.277 bits per heavy atom. The van der Waals surface area contributed by atoms with Crippen LogP contribution in [0.2, 0.25) is 0 Å². The molecule has 0 saturated heterocycles. The number of fused-ring (bicyclic) bond motifs is 15. The first-order chi connectivity index (χ1) is 32.2. The smallest absolute Gasteiger partial charge is 0.0726 e. The highest BCUT2D eigenvalue weighted by atomic mass is 32.1. The lowest BCUT2D eigenvalue weighted by Crippen LogP contribution is -2.26. The largest absolute Gasteiger partial charge is 0.310 e. The van der Waals surface area contributed by atoms with Gasteiger partial charge in [-0.25, -0.2) is 0 Å². The molecule has 14 rings (SSSR count). The van der Waals surface area contributed by atoms with E-state index < -0.39 is 5.41 Å². The van der Waals surface area contributed by atoms with Gasteiger partial charge in [0, 0.05) is 37.2 Å². The highest BCUT2D eigenvalue weighted by molar-refractivity contribution is 7.25. The van der Waals surface area contributed by atoms with E-state index in [1.165, 1.54) is 108 Å². The minimum absolute atomic E-state index is 0.433. The summed E-state index contributed by atoms with van der Waals surface area (Å²) in [6.45, 7) is 0. The quantitative estimate of drug-likeness (QED) is 0.167. The van der Waals surface area contributed by atoms with E-state index in [1.807, 2.05) is 11.3 Å². The van der Waals surface area contributed by atoms with E-state index in [9.17, 15) is 0 Å². The Bertz CT molecular complexity index is 3840. The van der Waals surface area contributed by atoms with Crippen LogP contribution in [0.4, 0.5) is 17.1 Å². The SMILES string of the molecule is c1ccc2c(c1)-c1ccccc1C21c2ccccc2-c2ccc(N(c3ccc(-c4ccc(-c5cccc6ccccc56)c5ccccc45)cc3)c3ccc4sc5ccccc5c4c3)cc21. The second-order valence-corrected chi connectivity index (χ2v) is 18.6. The molecule has 302 valence electrons. The molecule has 0 atom stereocenters. The molecule has 0 fully saturated rings. The van der Waals surface area contributed by atoms with Crippen molar-refractivity contribution < 1.29 is 0 Å². The Morgan fingerprint density at radius 3 is 1.46 bits per heavy atom. The normalized spacial score (nSPS) is 13.0. The molecule has 0 amide bonds. The van der Waals surface area contributed by atoms with Gasteiger partial charge in [0.05, 0.1) is 5.41 Å². The minimum atomic E-state index is -0.433. The summed E-state index contributed by atoms with van der Waals surface area (Å²) in [5.41, 5.74) is 18.5. The number of benzene rings is 11. The number of hydrogen-bond acceptors (Lipinski definition) is 2. The third kappa shape index (κ3) is 5.20. The van der Waals surface area contributed by atoms with Crippen LogP contribution in [-0.2, 0) is 5.41 Å². The summed E-state index contributed by atoms with van der Waals surface area (Å²) in [6, 6.07) is 88.4. The van der Waals surface area contributed by atoms with Crippen molar-refractivity contribution >= 4 is 70.1 Å². The van der Waals surface area contributed by atoms with Crippen LogP contribution in [0.25, 0.3) is 86.2 Å². The average Bonchev–Trinajstić information content (AvgIpc) is 4.00. The monoisotopic (exact) mass is 841 g/mol. The minimum Gasteiger partial charge on any atom is -0.310 e. The summed E-state index contributed by atoms with van der Waals surface area (Å²) in [5.74, 6) is 0. The standard InChI is InChI=1S/C63H39NS/c1-2-16-45-40(14-1)15-13-23-48(45)50-36-35-46(47-17-3-4-18-49(47)50)41-28-30-42(31-29-41)64(43-33-37-62-56(38-43)55-22-8-12-27-61(55)65-62)44-32-34-54-53-21-7-11-26-59(53)63(60(54)39-44)57-24-9-5-19-51(57)52-20-6-10-25-58(52)63/h1-39H. The van der Waals surface area contributed by atoms with Crippen LogP contribution in [0, 0.1) is 0 Å². The van der Waals surface area contributed by atoms with Crippen molar-refractivity contribution in [2.75, 3.05) is 4.90 Å². The molecular weight excluding hydrogens is 803 g/mol. The Hall–Kier alpha value is -8.04. The van der Waals surface area contributed by atoms with Crippen LogP contribution in [0.1, 0.15) is 22.3 Å². The van der Waals surface area contributed by atoms with E-state index in [-0.39, 0.29) is 0 Å². The Morgan fingerprint density at radius 2 is 0.738 bits per heavy atom. The average molecular weight is 842 g/mol. The molecule has 65 heavy (non-hydrogen) atoms. The second kappa shape index (κ2) is 14.0. The van der Waals surface area contributed by atoms with Crippen molar-refractivity contribution in [3.8, 4) is 44.5 Å². The fourth-order valence-electron chi connectivity index (χ4n) is 11.6. The number of rotatable bonds is 5. The third-order valence-corrected chi connectivity index (χ3v) is 15.4.